The highest BCUT2D eigenvalue weighted by Gasteiger charge is 2.20. The average molecular weight is 913 g/mol. The lowest BCUT2D eigenvalue weighted by Gasteiger charge is -2.22. The second-order valence-corrected chi connectivity index (χ2v) is 19.3. The zero-order chi connectivity index (χ0) is 47.2. The molecule has 6 heteroatoms. The lowest BCUT2D eigenvalue weighted by molar-refractivity contribution is -0.143. The van der Waals surface area contributed by atoms with Crippen molar-refractivity contribution in [1.82, 2.24) is 5.32 Å². The fraction of sp³-hybridized carbons (Fsp3) is 0.831. The van der Waals surface area contributed by atoms with E-state index in [1.54, 1.807) is 0 Å². The van der Waals surface area contributed by atoms with Crippen molar-refractivity contribution in [2.45, 2.75) is 302 Å². The van der Waals surface area contributed by atoms with Crippen LogP contribution in [0, 0.1) is 0 Å². The van der Waals surface area contributed by atoms with E-state index >= 15 is 0 Å². The number of unbranched alkanes of at least 4 members (excludes halogenated alkanes) is 34. The zero-order valence-corrected chi connectivity index (χ0v) is 43.2. The minimum atomic E-state index is -0.672. The molecule has 3 N–H and O–H groups in total. The molecule has 0 saturated heterocycles. The van der Waals surface area contributed by atoms with E-state index < -0.39 is 12.1 Å². The van der Waals surface area contributed by atoms with Crippen LogP contribution < -0.4 is 5.32 Å². The number of carbonyl (C=O) groups excluding carboxylic acids is 2. The number of esters is 1. The molecule has 0 fully saturated rings. The van der Waals surface area contributed by atoms with Gasteiger partial charge in [0.1, 0.15) is 0 Å². The molecule has 0 radical (unpaired) electrons. The van der Waals surface area contributed by atoms with Crippen molar-refractivity contribution in [3.8, 4) is 0 Å². The predicted octanol–water partition coefficient (Wildman–Crippen LogP) is 17.4. The minimum Gasteiger partial charge on any atom is -0.466 e. The normalized spacial score (nSPS) is 13.0. The summed E-state index contributed by atoms with van der Waals surface area (Å²) in [5, 5.41) is 23.2. The van der Waals surface area contributed by atoms with E-state index in [4.69, 9.17) is 4.74 Å². The highest BCUT2D eigenvalue weighted by atomic mass is 16.5. The molecule has 0 aromatic heterocycles. The summed E-state index contributed by atoms with van der Waals surface area (Å²) < 4.78 is 5.44. The Balaban J connectivity index is 3.49. The van der Waals surface area contributed by atoms with Gasteiger partial charge in [-0.2, -0.15) is 0 Å². The molecule has 0 aliphatic carbocycles. The molecule has 0 aliphatic heterocycles. The summed E-state index contributed by atoms with van der Waals surface area (Å²) in [6, 6.07) is -0.550. The van der Waals surface area contributed by atoms with Gasteiger partial charge >= 0.3 is 5.97 Å². The maximum Gasteiger partial charge on any atom is 0.305 e. The summed E-state index contributed by atoms with van der Waals surface area (Å²) in [6.45, 7) is 4.88. The topological polar surface area (TPSA) is 95.9 Å². The molecule has 0 bridgehead atoms. The van der Waals surface area contributed by atoms with Crippen LogP contribution in [-0.2, 0) is 14.3 Å². The Morgan fingerprint density at radius 2 is 0.815 bits per heavy atom. The minimum absolute atomic E-state index is 0.0278. The van der Waals surface area contributed by atoms with Gasteiger partial charge in [0.25, 0.3) is 0 Å². The number of hydrogen-bond donors (Lipinski definition) is 3. The predicted molar refractivity (Wildman–Crippen MR) is 282 cm³/mol. The number of carbonyl (C=O) groups is 2. The van der Waals surface area contributed by atoms with E-state index in [9.17, 15) is 19.8 Å². The van der Waals surface area contributed by atoms with Crippen LogP contribution in [0.5, 0.6) is 0 Å². The third-order valence-corrected chi connectivity index (χ3v) is 12.9. The molecule has 380 valence electrons. The third kappa shape index (κ3) is 51.1. The summed E-state index contributed by atoms with van der Waals surface area (Å²) >= 11 is 0. The van der Waals surface area contributed by atoms with Crippen molar-refractivity contribution >= 4 is 11.9 Å². The number of allylic oxidation sites excluding steroid dienone is 8. The van der Waals surface area contributed by atoms with E-state index in [0.29, 0.717) is 25.9 Å². The summed E-state index contributed by atoms with van der Waals surface area (Å²) in [4.78, 5) is 24.5. The van der Waals surface area contributed by atoms with E-state index in [0.717, 1.165) is 77.0 Å². The van der Waals surface area contributed by atoms with Gasteiger partial charge in [0.15, 0.2) is 0 Å². The molecule has 2 unspecified atom stereocenters. The Labute approximate surface area is 404 Å². The number of ether oxygens (including phenoxy) is 1. The summed E-state index contributed by atoms with van der Waals surface area (Å²) in [5.41, 5.74) is 0. The summed E-state index contributed by atoms with van der Waals surface area (Å²) in [5.74, 6) is -0.0733. The molecule has 65 heavy (non-hydrogen) atoms. The number of hydrogen-bond acceptors (Lipinski definition) is 5. The van der Waals surface area contributed by atoms with Crippen molar-refractivity contribution < 1.29 is 24.5 Å². The molecule has 0 aromatic carbocycles. The number of rotatable bonds is 52. The molecule has 2 atom stereocenters. The molecule has 0 saturated carbocycles. The van der Waals surface area contributed by atoms with E-state index in [2.05, 4.69) is 67.8 Å². The van der Waals surface area contributed by atoms with Gasteiger partial charge in [0.05, 0.1) is 25.4 Å². The quantitative estimate of drug-likeness (QED) is 0.0245. The first-order chi connectivity index (χ1) is 32.0. The highest BCUT2D eigenvalue weighted by molar-refractivity contribution is 5.76. The first-order valence-corrected chi connectivity index (χ1v) is 28.4. The van der Waals surface area contributed by atoms with Crippen LogP contribution in [0.4, 0.5) is 0 Å². The highest BCUT2D eigenvalue weighted by Crippen LogP contribution is 2.16. The van der Waals surface area contributed by atoms with Gasteiger partial charge in [-0.3, -0.25) is 9.59 Å². The second-order valence-electron chi connectivity index (χ2n) is 19.3. The van der Waals surface area contributed by atoms with Crippen LogP contribution in [0.25, 0.3) is 0 Å². The van der Waals surface area contributed by atoms with E-state index in [-0.39, 0.29) is 18.5 Å². The Kier molecular flexibility index (Phi) is 52.6. The molecular weight excluding hydrogens is 803 g/mol. The average Bonchev–Trinajstić information content (AvgIpc) is 3.31. The Morgan fingerprint density at radius 1 is 0.446 bits per heavy atom. The molecular formula is C59H109NO5. The van der Waals surface area contributed by atoms with Crippen molar-refractivity contribution in [2.24, 2.45) is 0 Å². The summed E-state index contributed by atoms with van der Waals surface area (Å²) in [6.07, 6.45) is 68.1. The standard InChI is InChI=1S/C59H109NO5/c1-3-5-7-9-11-13-15-17-24-29-33-37-41-45-49-53-59(64)65-54-50-46-42-38-34-30-26-23-21-19-20-22-25-28-32-36-40-44-48-52-58(63)60-56(55-61)57(62)51-47-43-39-35-31-27-18-16-14-12-10-8-6-4-2/h11,13,17,23-24,26,30,34,56-57,61-62H,3-10,12,14-16,18-22,25,27-29,31-33,35-55H2,1-2H3,(H,60,63)/b13-11-,24-17-,26-23-,34-30-. The van der Waals surface area contributed by atoms with Crippen LogP contribution in [0.3, 0.4) is 0 Å². The molecule has 1 amide bonds. The molecule has 0 rings (SSSR count). The van der Waals surface area contributed by atoms with Gasteiger partial charge in [-0.15, -0.1) is 0 Å². The van der Waals surface area contributed by atoms with Crippen molar-refractivity contribution in [3.05, 3.63) is 48.6 Å². The van der Waals surface area contributed by atoms with E-state index in [1.807, 2.05) is 0 Å². The van der Waals surface area contributed by atoms with Crippen LogP contribution in [0.15, 0.2) is 48.6 Å². The maximum absolute atomic E-state index is 12.5. The van der Waals surface area contributed by atoms with Crippen LogP contribution >= 0.6 is 0 Å². The number of nitrogens with one attached hydrogen (secondary N) is 1. The lowest BCUT2D eigenvalue weighted by Crippen LogP contribution is -2.45. The molecule has 6 nitrogen and oxygen atoms in total. The van der Waals surface area contributed by atoms with Crippen LogP contribution in [-0.4, -0.2) is 47.4 Å². The Morgan fingerprint density at radius 3 is 1.29 bits per heavy atom. The largest absolute Gasteiger partial charge is 0.466 e. The molecule has 0 aliphatic rings. The fourth-order valence-corrected chi connectivity index (χ4v) is 8.48. The fourth-order valence-electron chi connectivity index (χ4n) is 8.48. The van der Waals surface area contributed by atoms with Gasteiger partial charge in [-0.05, 0) is 89.9 Å². The molecule has 0 heterocycles. The number of aliphatic hydroxyl groups is 2. The maximum atomic E-state index is 12.5. The van der Waals surface area contributed by atoms with Crippen LogP contribution in [0.2, 0.25) is 0 Å². The van der Waals surface area contributed by atoms with Gasteiger partial charge in [0.2, 0.25) is 5.91 Å². The monoisotopic (exact) mass is 912 g/mol. The van der Waals surface area contributed by atoms with Crippen molar-refractivity contribution in [2.75, 3.05) is 13.2 Å². The van der Waals surface area contributed by atoms with Crippen molar-refractivity contribution in [1.29, 1.82) is 0 Å². The van der Waals surface area contributed by atoms with Crippen LogP contribution in [0.1, 0.15) is 290 Å². The lowest BCUT2D eigenvalue weighted by atomic mass is 10.0. The zero-order valence-electron chi connectivity index (χ0n) is 43.2. The smallest absolute Gasteiger partial charge is 0.305 e. The Hall–Kier alpha value is -2.18. The molecule has 0 spiro atoms. The summed E-state index contributed by atoms with van der Waals surface area (Å²) in [7, 11) is 0. The number of amides is 1. The first kappa shape index (κ1) is 62.8. The van der Waals surface area contributed by atoms with Crippen molar-refractivity contribution in [3.63, 3.8) is 0 Å². The van der Waals surface area contributed by atoms with Gasteiger partial charge in [-0.25, -0.2) is 0 Å². The Bertz CT molecular complexity index is 1100. The third-order valence-electron chi connectivity index (χ3n) is 12.9. The van der Waals surface area contributed by atoms with Gasteiger partial charge in [-0.1, -0.05) is 236 Å². The SMILES string of the molecule is CCCCC/C=C\C/C=C\CCCCCCCC(=O)OCCCCC/C=C\C=C/CCCCCCCCCCCCC(=O)NC(CO)C(O)CCCCCCCCCCCCCCCC. The van der Waals surface area contributed by atoms with Gasteiger partial charge < -0.3 is 20.3 Å². The second kappa shape index (κ2) is 54.4. The van der Waals surface area contributed by atoms with E-state index in [1.165, 1.54) is 180 Å². The first-order valence-electron chi connectivity index (χ1n) is 28.4. The molecule has 0 aromatic rings. The van der Waals surface area contributed by atoms with Gasteiger partial charge in [0, 0.05) is 12.8 Å². The number of aliphatic hydroxyl groups excluding tert-OH is 2.